The van der Waals surface area contributed by atoms with Gasteiger partial charge in [-0.05, 0) is 31.6 Å². The SMILES string of the molecule is O=C(CC1CCCC1)NC1(CCl)CCCCC1. The third-order valence-corrected chi connectivity index (χ3v) is 4.93. The first-order valence-corrected chi connectivity index (χ1v) is 7.64. The lowest BCUT2D eigenvalue weighted by atomic mass is 9.83. The fraction of sp³-hybridized carbons (Fsp3) is 0.929. The molecule has 3 heteroatoms. The topological polar surface area (TPSA) is 29.1 Å². The number of hydrogen-bond donors (Lipinski definition) is 1. The van der Waals surface area contributed by atoms with E-state index in [4.69, 9.17) is 11.6 Å². The predicted molar refractivity (Wildman–Crippen MR) is 71.3 cm³/mol. The van der Waals surface area contributed by atoms with Crippen LogP contribution in [0.2, 0.25) is 0 Å². The number of nitrogens with one attached hydrogen (secondary N) is 1. The van der Waals surface area contributed by atoms with E-state index in [-0.39, 0.29) is 11.4 Å². The molecule has 2 saturated carbocycles. The van der Waals surface area contributed by atoms with Gasteiger partial charge in [0.2, 0.25) is 5.91 Å². The van der Waals surface area contributed by atoms with E-state index in [2.05, 4.69) is 5.32 Å². The Kier molecular flexibility index (Phi) is 4.72. The minimum Gasteiger partial charge on any atom is -0.349 e. The Hall–Kier alpha value is -0.240. The second kappa shape index (κ2) is 6.08. The zero-order valence-corrected chi connectivity index (χ0v) is 11.4. The van der Waals surface area contributed by atoms with Crippen LogP contribution < -0.4 is 5.32 Å². The molecular formula is C14H24ClNO. The molecule has 2 nitrogen and oxygen atoms in total. The lowest BCUT2D eigenvalue weighted by molar-refractivity contribution is -0.124. The molecule has 2 aliphatic rings. The van der Waals surface area contributed by atoms with Crippen molar-refractivity contribution in [3.8, 4) is 0 Å². The second-order valence-corrected chi connectivity index (χ2v) is 6.14. The van der Waals surface area contributed by atoms with Crippen LogP contribution in [-0.2, 0) is 4.79 Å². The Morgan fingerprint density at radius 1 is 1.12 bits per heavy atom. The van der Waals surface area contributed by atoms with Gasteiger partial charge in [-0.1, -0.05) is 32.1 Å². The van der Waals surface area contributed by atoms with E-state index in [1.807, 2.05) is 0 Å². The lowest BCUT2D eigenvalue weighted by Crippen LogP contribution is -2.51. The molecule has 0 aromatic carbocycles. The normalized spacial score (nSPS) is 24.8. The molecule has 17 heavy (non-hydrogen) atoms. The summed E-state index contributed by atoms with van der Waals surface area (Å²) < 4.78 is 0. The molecule has 98 valence electrons. The van der Waals surface area contributed by atoms with E-state index in [0.29, 0.717) is 11.8 Å². The highest BCUT2D eigenvalue weighted by molar-refractivity contribution is 6.18. The number of carbonyl (C=O) groups is 1. The fourth-order valence-electron chi connectivity index (χ4n) is 3.34. The Bertz CT molecular complexity index is 255. The van der Waals surface area contributed by atoms with Crippen LogP contribution in [0, 0.1) is 5.92 Å². The molecule has 2 fully saturated rings. The molecule has 0 atom stereocenters. The average Bonchev–Trinajstić information content (AvgIpc) is 2.83. The summed E-state index contributed by atoms with van der Waals surface area (Å²) in [5.41, 5.74) is -0.0878. The van der Waals surface area contributed by atoms with Gasteiger partial charge in [0.25, 0.3) is 0 Å². The maximum absolute atomic E-state index is 12.1. The van der Waals surface area contributed by atoms with Crippen molar-refractivity contribution in [2.45, 2.75) is 69.7 Å². The highest BCUT2D eigenvalue weighted by Gasteiger charge is 2.33. The van der Waals surface area contributed by atoms with Crippen molar-refractivity contribution in [1.82, 2.24) is 5.32 Å². The van der Waals surface area contributed by atoms with Crippen molar-refractivity contribution in [3.05, 3.63) is 0 Å². The molecule has 0 spiro atoms. The van der Waals surface area contributed by atoms with E-state index in [0.717, 1.165) is 19.3 Å². The first kappa shape index (κ1) is 13.2. The molecule has 0 radical (unpaired) electrons. The summed E-state index contributed by atoms with van der Waals surface area (Å²) in [6.07, 6.45) is 11.6. The van der Waals surface area contributed by atoms with Gasteiger partial charge >= 0.3 is 0 Å². The molecule has 0 bridgehead atoms. The molecule has 1 amide bonds. The summed E-state index contributed by atoms with van der Waals surface area (Å²) >= 11 is 6.08. The van der Waals surface area contributed by atoms with E-state index in [1.165, 1.54) is 44.9 Å². The third kappa shape index (κ3) is 3.61. The van der Waals surface area contributed by atoms with Gasteiger partial charge in [0.1, 0.15) is 0 Å². The smallest absolute Gasteiger partial charge is 0.220 e. The number of hydrogen-bond acceptors (Lipinski definition) is 1. The van der Waals surface area contributed by atoms with Crippen molar-refractivity contribution in [2.75, 3.05) is 5.88 Å². The molecule has 2 rings (SSSR count). The Labute approximate surface area is 109 Å². The van der Waals surface area contributed by atoms with Gasteiger partial charge in [-0.25, -0.2) is 0 Å². The molecular weight excluding hydrogens is 234 g/mol. The van der Waals surface area contributed by atoms with Crippen LogP contribution in [0.25, 0.3) is 0 Å². The van der Waals surface area contributed by atoms with Gasteiger partial charge in [-0.2, -0.15) is 0 Å². The number of alkyl halides is 1. The van der Waals surface area contributed by atoms with Crippen LogP contribution in [0.3, 0.4) is 0 Å². The van der Waals surface area contributed by atoms with Crippen molar-refractivity contribution in [3.63, 3.8) is 0 Å². The average molecular weight is 258 g/mol. The Morgan fingerprint density at radius 3 is 2.35 bits per heavy atom. The monoisotopic (exact) mass is 257 g/mol. The van der Waals surface area contributed by atoms with E-state index in [1.54, 1.807) is 0 Å². The van der Waals surface area contributed by atoms with Gasteiger partial charge in [0.05, 0.1) is 5.54 Å². The lowest BCUT2D eigenvalue weighted by Gasteiger charge is -2.36. The minimum atomic E-state index is -0.0878. The minimum absolute atomic E-state index is 0.0878. The number of carbonyl (C=O) groups excluding carboxylic acids is 1. The van der Waals surface area contributed by atoms with Crippen molar-refractivity contribution < 1.29 is 4.79 Å². The molecule has 0 unspecified atom stereocenters. The molecule has 0 aliphatic heterocycles. The Balaban J connectivity index is 1.82. The molecule has 0 aromatic heterocycles. The summed E-state index contributed by atoms with van der Waals surface area (Å²) in [6, 6.07) is 0. The van der Waals surface area contributed by atoms with Crippen LogP contribution in [0.4, 0.5) is 0 Å². The van der Waals surface area contributed by atoms with Crippen molar-refractivity contribution in [1.29, 1.82) is 0 Å². The van der Waals surface area contributed by atoms with Gasteiger partial charge in [-0.3, -0.25) is 4.79 Å². The van der Waals surface area contributed by atoms with Gasteiger partial charge in [0.15, 0.2) is 0 Å². The maximum Gasteiger partial charge on any atom is 0.220 e. The summed E-state index contributed by atoms with van der Waals surface area (Å²) in [4.78, 5) is 12.1. The van der Waals surface area contributed by atoms with Crippen LogP contribution in [0.1, 0.15) is 64.2 Å². The first-order chi connectivity index (χ1) is 8.24. The van der Waals surface area contributed by atoms with E-state index < -0.39 is 0 Å². The van der Waals surface area contributed by atoms with Gasteiger partial charge in [0, 0.05) is 12.3 Å². The maximum atomic E-state index is 12.1. The van der Waals surface area contributed by atoms with Crippen LogP contribution in [0.15, 0.2) is 0 Å². The van der Waals surface area contributed by atoms with Gasteiger partial charge in [-0.15, -0.1) is 11.6 Å². The standard InChI is InChI=1S/C14H24ClNO/c15-11-14(8-4-1-5-9-14)16-13(17)10-12-6-2-3-7-12/h12H,1-11H2,(H,16,17). The highest BCUT2D eigenvalue weighted by atomic mass is 35.5. The molecule has 1 N–H and O–H groups in total. The largest absolute Gasteiger partial charge is 0.349 e. The Morgan fingerprint density at radius 2 is 1.76 bits per heavy atom. The highest BCUT2D eigenvalue weighted by Crippen LogP contribution is 2.31. The van der Waals surface area contributed by atoms with Gasteiger partial charge < -0.3 is 5.32 Å². The van der Waals surface area contributed by atoms with E-state index >= 15 is 0 Å². The summed E-state index contributed by atoms with van der Waals surface area (Å²) in [5.74, 6) is 1.44. The number of rotatable bonds is 4. The van der Waals surface area contributed by atoms with Crippen molar-refractivity contribution >= 4 is 17.5 Å². The van der Waals surface area contributed by atoms with E-state index in [9.17, 15) is 4.79 Å². The summed E-state index contributed by atoms with van der Waals surface area (Å²) in [5, 5.41) is 3.24. The van der Waals surface area contributed by atoms with Crippen molar-refractivity contribution in [2.24, 2.45) is 5.92 Å². The zero-order chi connectivity index (χ0) is 12.1. The van der Waals surface area contributed by atoms with Crippen LogP contribution in [0.5, 0.6) is 0 Å². The molecule has 0 aromatic rings. The predicted octanol–water partition coefficient (Wildman–Crippen LogP) is 3.62. The first-order valence-electron chi connectivity index (χ1n) is 7.11. The quantitative estimate of drug-likeness (QED) is 0.766. The molecule has 2 aliphatic carbocycles. The fourth-order valence-corrected chi connectivity index (χ4v) is 3.68. The summed E-state index contributed by atoms with van der Waals surface area (Å²) in [7, 11) is 0. The zero-order valence-electron chi connectivity index (χ0n) is 10.6. The summed E-state index contributed by atoms with van der Waals surface area (Å²) in [6.45, 7) is 0. The second-order valence-electron chi connectivity index (χ2n) is 5.88. The number of amides is 1. The van der Waals surface area contributed by atoms with Crippen LogP contribution >= 0.6 is 11.6 Å². The molecule has 0 saturated heterocycles. The third-order valence-electron chi connectivity index (χ3n) is 4.42. The molecule has 0 heterocycles. The van der Waals surface area contributed by atoms with Crippen LogP contribution in [-0.4, -0.2) is 17.3 Å². The number of halogens is 1.